The molecule has 0 spiro atoms. The van der Waals surface area contributed by atoms with Crippen LogP contribution >= 0.6 is 11.6 Å². The Morgan fingerprint density at radius 3 is 2.52 bits per heavy atom. The maximum atomic E-state index is 13.7. The lowest BCUT2D eigenvalue weighted by atomic mass is 10.1. The first-order valence-corrected chi connectivity index (χ1v) is 7.56. The highest BCUT2D eigenvalue weighted by molar-refractivity contribution is 6.33. The fraction of sp³-hybridized carbons (Fsp3) is 0.250. The van der Waals surface area contributed by atoms with Gasteiger partial charge in [-0.1, -0.05) is 17.7 Å². The first-order chi connectivity index (χ1) is 11.8. The predicted octanol–water partition coefficient (Wildman–Crippen LogP) is 3.80. The number of aromatic nitrogens is 1. The molecule has 2 aromatic rings. The fourth-order valence-corrected chi connectivity index (χ4v) is 2.57. The topological polar surface area (TPSA) is 42.4 Å². The maximum Gasteiger partial charge on any atom is 0.417 e. The average molecular weight is 375 g/mol. The van der Waals surface area contributed by atoms with E-state index in [2.05, 4.69) is 4.98 Å². The van der Waals surface area contributed by atoms with Gasteiger partial charge in [-0.15, -0.1) is 0 Å². The molecule has 25 heavy (non-hydrogen) atoms. The molecular weight excluding hydrogens is 364 g/mol. The van der Waals surface area contributed by atoms with Crippen LogP contribution in [0.3, 0.4) is 0 Å². The van der Waals surface area contributed by atoms with Crippen molar-refractivity contribution in [2.75, 3.05) is 13.1 Å². The minimum atomic E-state index is -4.47. The standard InChI is InChI=1S/C16H11ClF4N2O2/c17-11-2-1-3-12(18)14(11)15(24)23-7-10(8-23)25-13-5-4-9(6-22-13)16(19,20)21/h1-6,10H,7-8H2. The Kier molecular flexibility index (Phi) is 4.55. The first kappa shape index (κ1) is 17.5. The summed E-state index contributed by atoms with van der Waals surface area (Å²) in [7, 11) is 0. The van der Waals surface area contributed by atoms with Gasteiger partial charge in [0.25, 0.3) is 5.91 Å². The molecule has 1 aliphatic heterocycles. The number of rotatable bonds is 3. The van der Waals surface area contributed by atoms with E-state index in [1.165, 1.54) is 17.0 Å². The molecule has 1 aromatic heterocycles. The molecule has 132 valence electrons. The van der Waals surface area contributed by atoms with Gasteiger partial charge >= 0.3 is 6.18 Å². The number of nitrogens with zero attached hydrogens (tertiary/aromatic N) is 2. The van der Waals surface area contributed by atoms with Gasteiger partial charge < -0.3 is 9.64 Å². The summed E-state index contributed by atoms with van der Waals surface area (Å²) in [6, 6.07) is 5.92. The van der Waals surface area contributed by atoms with Crippen molar-refractivity contribution in [3.8, 4) is 5.88 Å². The number of alkyl halides is 3. The van der Waals surface area contributed by atoms with E-state index in [1.54, 1.807) is 0 Å². The third-order valence-electron chi connectivity index (χ3n) is 3.66. The summed E-state index contributed by atoms with van der Waals surface area (Å²) in [5.41, 5.74) is -1.09. The van der Waals surface area contributed by atoms with Crippen LogP contribution in [0.1, 0.15) is 15.9 Å². The van der Waals surface area contributed by atoms with Crippen molar-refractivity contribution in [2.24, 2.45) is 0 Å². The van der Waals surface area contributed by atoms with E-state index < -0.39 is 29.6 Å². The van der Waals surface area contributed by atoms with Crippen molar-refractivity contribution in [3.05, 3.63) is 58.5 Å². The number of amides is 1. The highest BCUT2D eigenvalue weighted by Gasteiger charge is 2.35. The Morgan fingerprint density at radius 1 is 1.24 bits per heavy atom. The summed E-state index contributed by atoms with van der Waals surface area (Å²) < 4.78 is 56.5. The van der Waals surface area contributed by atoms with Crippen molar-refractivity contribution in [1.82, 2.24) is 9.88 Å². The molecule has 2 heterocycles. The molecule has 4 nitrogen and oxygen atoms in total. The summed E-state index contributed by atoms with van der Waals surface area (Å²) >= 11 is 5.85. The zero-order chi connectivity index (χ0) is 18.2. The molecule has 0 N–H and O–H groups in total. The van der Waals surface area contributed by atoms with E-state index in [4.69, 9.17) is 16.3 Å². The van der Waals surface area contributed by atoms with Gasteiger partial charge in [-0.05, 0) is 18.2 Å². The molecule has 0 radical (unpaired) electrons. The second-order valence-electron chi connectivity index (χ2n) is 5.43. The number of carbonyl (C=O) groups is 1. The molecule has 9 heteroatoms. The number of likely N-dealkylation sites (tertiary alicyclic amines) is 1. The van der Waals surface area contributed by atoms with Crippen molar-refractivity contribution in [2.45, 2.75) is 12.3 Å². The summed E-state index contributed by atoms with van der Waals surface area (Å²) in [6.07, 6.45) is -4.22. The van der Waals surface area contributed by atoms with E-state index in [-0.39, 0.29) is 29.6 Å². The van der Waals surface area contributed by atoms with Gasteiger partial charge in [0.2, 0.25) is 5.88 Å². The zero-order valence-corrected chi connectivity index (χ0v) is 13.3. The van der Waals surface area contributed by atoms with E-state index in [9.17, 15) is 22.4 Å². The van der Waals surface area contributed by atoms with E-state index >= 15 is 0 Å². The van der Waals surface area contributed by atoms with Crippen molar-refractivity contribution < 1.29 is 27.1 Å². The van der Waals surface area contributed by atoms with Gasteiger partial charge in [-0.2, -0.15) is 13.2 Å². The van der Waals surface area contributed by atoms with E-state index in [1.807, 2.05) is 0 Å². The number of benzene rings is 1. The molecule has 1 aromatic carbocycles. The largest absolute Gasteiger partial charge is 0.471 e. The number of hydrogen-bond acceptors (Lipinski definition) is 3. The Bertz CT molecular complexity index is 769. The lowest BCUT2D eigenvalue weighted by molar-refractivity contribution is -0.137. The van der Waals surface area contributed by atoms with Gasteiger partial charge in [-0.25, -0.2) is 9.37 Å². The van der Waals surface area contributed by atoms with Gasteiger partial charge in [0.05, 0.1) is 29.2 Å². The average Bonchev–Trinajstić information content (AvgIpc) is 2.49. The quantitative estimate of drug-likeness (QED) is 0.768. The molecule has 0 atom stereocenters. The Labute approximate surface area is 145 Å². The zero-order valence-electron chi connectivity index (χ0n) is 12.6. The fourth-order valence-electron chi connectivity index (χ4n) is 2.33. The maximum absolute atomic E-state index is 13.7. The van der Waals surface area contributed by atoms with Gasteiger partial charge in [0, 0.05) is 12.3 Å². The number of carbonyl (C=O) groups excluding carboxylic acids is 1. The Balaban J connectivity index is 1.59. The van der Waals surface area contributed by atoms with Crippen LogP contribution in [0.2, 0.25) is 5.02 Å². The predicted molar refractivity (Wildman–Crippen MR) is 81.0 cm³/mol. The van der Waals surface area contributed by atoms with Crippen LogP contribution in [-0.2, 0) is 6.18 Å². The minimum absolute atomic E-state index is 0.0128. The molecule has 1 saturated heterocycles. The second kappa shape index (κ2) is 6.51. The third kappa shape index (κ3) is 3.68. The molecule has 0 saturated carbocycles. The number of ether oxygens (including phenoxy) is 1. The lowest BCUT2D eigenvalue weighted by Crippen LogP contribution is -2.56. The molecule has 0 unspecified atom stereocenters. The van der Waals surface area contributed by atoms with Crippen molar-refractivity contribution >= 4 is 17.5 Å². The molecule has 0 bridgehead atoms. The third-order valence-corrected chi connectivity index (χ3v) is 3.98. The van der Waals surface area contributed by atoms with E-state index in [0.717, 1.165) is 18.2 Å². The molecule has 1 aliphatic rings. The number of pyridine rings is 1. The van der Waals surface area contributed by atoms with Crippen LogP contribution in [0.5, 0.6) is 5.88 Å². The molecule has 1 fully saturated rings. The molecule has 0 aliphatic carbocycles. The van der Waals surface area contributed by atoms with Crippen molar-refractivity contribution in [3.63, 3.8) is 0 Å². The van der Waals surface area contributed by atoms with Gasteiger partial charge in [0.1, 0.15) is 11.9 Å². The lowest BCUT2D eigenvalue weighted by Gasteiger charge is -2.38. The van der Waals surface area contributed by atoms with E-state index in [0.29, 0.717) is 6.20 Å². The highest BCUT2D eigenvalue weighted by Crippen LogP contribution is 2.30. The van der Waals surface area contributed by atoms with Crippen LogP contribution in [0.4, 0.5) is 17.6 Å². The number of hydrogen-bond donors (Lipinski definition) is 0. The van der Waals surface area contributed by atoms with Crippen LogP contribution < -0.4 is 4.74 Å². The van der Waals surface area contributed by atoms with Gasteiger partial charge in [0.15, 0.2) is 0 Å². The Morgan fingerprint density at radius 2 is 1.96 bits per heavy atom. The van der Waals surface area contributed by atoms with Crippen LogP contribution in [0, 0.1) is 5.82 Å². The van der Waals surface area contributed by atoms with Crippen LogP contribution in [0.25, 0.3) is 0 Å². The molecule has 3 rings (SSSR count). The summed E-state index contributed by atoms with van der Waals surface area (Å²) in [5, 5.41) is 0.0128. The minimum Gasteiger partial charge on any atom is -0.471 e. The first-order valence-electron chi connectivity index (χ1n) is 7.19. The summed E-state index contributed by atoms with van der Waals surface area (Å²) in [5.74, 6) is -1.26. The summed E-state index contributed by atoms with van der Waals surface area (Å²) in [6.45, 7) is 0.318. The highest BCUT2D eigenvalue weighted by atomic mass is 35.5. The van der Waals surface area contributed by atoms with Crippen LogP contribution in [-0.4, -0.2) is 35.0 Å². The molecule has 1 amide bonds. The van der Waals surface area contributed by atoms with Crippen molar-refractivity contribution in [1.29, 1.82) is 0 Å². The Hall–Kier alpha value is -2.35. The summed E-state index contributed by atoms with van der Waals surface area (Å²) in [4.78, 5) is 17.2. The normalized spacial score (nSPS) is 15.0. The van der Waals surface area contributed by atoms with Crippen LogP contribution in [0.15, 0.2) is 36.5 Å². The molecular formula is C16H11ClF4N2O2. The SMILES string of the molecule is O=C(c1c(F)cccc1Cl)N1CC(Oc2ccc(C(F)(F)F)cn2)C1. The number of halogens is 5. The monoisotopic (exact) mass is 374 g/mol. The smallest absolute Gasteiger partial charge is 0.417 e. The second-order valence-corrected chi connectivity index (χ2v) is 5.84. The van der Waals surface area contributed by atoms with Gasteiger partial charge in [-0.3, -0.25) is 4.79 Å².